The third kappa shape index (κ3) is 7.44. The van der Waals surface area contributed by atoms with Crippen LogP contribution in [0.2, 0.25) is 0 Å². The van der Waals surface area contributed by atoms with Crippen molar-refractivity contribution in [2.75, 3.05) is 30.7 Å². The van der Waals surface area contributed by atoms with Gasteiger partial charge in [-0.05, 0) is 49.0 Å². The van der Waals surface area contributed by atoms with Gasteiger partial charge in [-0.2, -0.15) is 5.26 Å². The van der Waals surface area contributed by atoms with Gasteiger partial charge in [-0.15, -0.1) is 11.8 Å². The Morgan fingerprint density at radius 3 is 2.40 bits per heavy atom. The second-order valence-electron chi connectivity index (χ2n) is 7.88. The molecule has 35 heavy (non-hydrogen) atoms. The summed E-state index contributed by atoms with van der Waals surface area (Å²) < 4.78 is 0. The molecule has 1 atom stereocenters. The SMILES string of the molecule is CCN(CC)C(CNC(=O)c1ccccc1SCC(=O)Nc1cccc(C#N)c1)c1ccccc1. The van der Waals surface area contributed by atoms with Crippen molar-refractivity contribution in [3.05, 3.63) is 95.6 Å². The number of thioether (sulfide) groups is 1. The van der Waals surface area contributed by atoms with E-state index in [4.69, 9.17) is 5.26 Å². The highest BCUT2D eigenvalue weighted by Gasteiger charge is 2.20. The Morgan fingerprint density at radius 2 is 1.69 bits per heavy atom. The molecular formula is C28H30N4O2S. The highest BCUT2D eigenvalue weighted by atomic mass is 32.2. The van der Waals surface area contributed by atoms with Crippen LogP contribution in [0.15, 0.2) is 83.8 Å². The Labute approximate surface area is 211 Å². The number of nitriles is 1. The number of anilines is 1. The zero-order chi connectivity index (χ0) is 25.0. The molecule has 6 nitrogen and oxygen atoms in total. The van der Waals surface area contributed by atoms with Crippen LogP contribution in [0.4, 0.5) is 5.69 Å². The maximum atomic E-state index is 13.1. The number of hydrogen-bond donors (Lipinski definition) is 2. The van der Waals surface area contributed by atoms with Gasteiger partial charge in [-0.1, -0.05) is 62.4 Å². The lowest BCUT2D eigenvalue weighted by atomic mass is 10.0. The maximum absolute atomic E-state index is 13.1. The van der Waals surface area contributed by atoms with Gasteiger partial charge in [0.1, 0.15) is 0 Å². The Kier molecular flexibility index (Phi) is 9.91. The summed E-state index contributed by atoms with van der Waals surface area (Å²) in [7, 11) is 0. The number of amides is 2. The summed E-state index contributed by atoms with van der Waals surface area (Å²) >= 11 is 1.31. The van der Waals surface area contributed by atoms with E-state index >= 15 is 0 Å². The van der Waals surface area contributed by atoms with Gasteiger partial charge < -0.3 is 10.6 Å². The molecule has 3 aromatic carbocycles. The van der Waals surface area contributed by atoms with Gasteiger partial charge in [0.2, 0.25) is 5.91 Å². The molecule has 0 radical (unpaired) electrons. The van der Waals surface area contributed by atoms with E-state index in [0.717, 1.165) is 23.5 Å². The lowest BCUT2D eigenvalue weighted by Crippen LogP contribution is -2.38. The molecule has 0 heterocycles. The summed E-state index contributed by atoms with van der Waals surface area (Å²) in [6.45, 7) is 6.48. The largest absolute Gasteiger partial charge is 0.350 e. The minimum absolute atomic E-state index is 0.0740. The third-order valence-corrected chi connectivity index (χ3v) is 6.73. The smallest absolute Gasteiger partial charge is 0.252 e. The molecule has 0 aliphatic carbocycles. The average molecular weight is 487 g/mol. The average Bonchev–Trinajstić information content (AvgIpc) is 2.90. The van der Waals surface area contributed by atoms with Crippen molar-refractivity contribution in [1.82, 2.24) is 10.2 Å². The van der Waals surface area contributed by atoms with Crippen LogP contribution in [0.1, 0.15) is 41.4 Å². The predicted octanol–water partition coefficient (Wildman–Crippen LogP) is 5.10. The second kappa shape index (κ2) is 13.3. The van der Waals surface area contributed by atoms with Crippen molar-refractivity contribution in [3.63, 3.8) is 0 Å². The number of rotatable bonds is 11. The minimum atomic E-state index is -0.203. The Balaban J connectivity index is 1.64. The normalized spacial score (nSPS) is 11.5. The van der Waals surface area contributed by atoms with Crippen LogP contribution in [-0.4, -0.2) is 42.1 Å². The van der Waals surface area contributed by atoms with Gasteiger partial charge in [0.25, 0.3) is 5.91 Å². The van der Waals surface area contributed by atoms with Gasteiger partial charge in [-0.3, -0.25) is 14.5 Å². The first-order valence-electron chi connectivity index (χ1n) is 11.6. The molecular weight excluding hydrogens is 456 g/mol. The molecule has 0 saturated carbocycles. The number of hydrogen-bond acceptors (Lipinski definition) is 5. The second-order valence-corrected chi connectivity index (χ2v) is 8.90. The standard InChI is InChI=1S/C28H30N4O2S/c1-3-32(4-2)25(22-12-6-5-7-13-22)19-30-28(34)24-15-8-9-16-26(24)35-20-27(33)31-23-14-10-11-21(17-23)18-29/h5-17,25H,3-4,19-20H2,1-2H3,(H,30,34)(H,31,33). The molecule has 2 amide bonds. The van der Waals surface area contributed by atoms with Gasteiger partial charge >= 0.3 is 0 Å². The molecule has 0 aromatic heterocycles. The number of nitrogens with one attached hydrogen (secondary N) is 2. The Morgan fingerprint density at radius 1 is 0.971 bits per heavy atom. The Bertz CT molecular complexity index is 1170. The lowest BCUT2D eigenvalue weighted by Gasteiger charge is -2.30. The van der Waals surface area contributed by atoms with Crippen molar-refractivity contribution < 1.29 is 9.59 Å². The van der Waals surface area contributed by atoms with E-state index in [2.05, 4.69) is 47.6 Å². The molecule has 1 unspecified atom stereocenters. The first kappa shape index (κ1) is 26.0. The number of carbonyl (C=O) groups is 2. The fraction of sp³-hybridized carbons (Fsp3) is 0.250. The van der Waals surface area contributed by atoms with Crippen LogP contribution < -0.4 is 10.6 Å². The third-order valence-electron chi connectivity index (χ3n) is 5.66. The summed E-state index contributed by atoms with van der Waals surface area (Å²) in [6.07, 6.45) is 0. The van der Waals surface area contributed by atoms with E-state index in [1.165, 1.54) is 11.8 Å². The molecule has 0 spiro atoms. The monoisotopic (exact) mass is 486 g/mol. The van der Waals surface area contributed by atoms with E-state index in [9.17, 15) is 9.59 Å². The van der Waals surface area contributed by atoms with Crippen molar-refractivity contribution >= 4 is 29.3 Å². The van der Waals surface area contributed by atoms with Crippen molar-refractivity contribution in [3.8, 4) is 6.07 Å². The van der Waals surface area contributed by atoms with Crippen LogP contribution in [0.25, 0.3) is 0 Å². The topological polar surface area (TPSA) is 85.2 Å². The molecule has 3 aromatic rings. The summed E-state index contributed by atoms with van der Waals surface area (Å²) in [5, 5.41) is 14.9. The molecule has 3 rings (SSSR count). The van der Waals surface area contributed by atoms with Crippen LogP contribution in [0, 0.1) is 11.3 Å². The number of benzene rings is 3. The molecule has 0 bridgehead atoms. The molecule has 0 aliphatic rings. The molecule has 0 fully saturated rings. The van der Waals surface area contributed by atoms with Gasteiger partial charge in [0.05, 0.1) is 29.0 Å². The van der Waals surface area contributed by atoms with E-state index < -0.39 is 0 Å². The van der Waals surface area contributed by atoms with E-state index in [-0.39, 0.29) is 23.6 Å². The summed E-state index contributed by atoms with van der Waals surface area (Å²) in [4.78, 5) is 28.7. The zero-order valence-corrected chi connectivity index (χ0v) is 20.8. The maximum Gasteiger partial charge on any atom is 0.252 e. The van der Waals surface area contributed by atoms with Gasteiger partial charge in [-0.25, -0.2) is 0 Å². The zero-order valence-electron chi connectivity index (χ0n) is 20.0. The lowest BCUT2D eigenvalue weighted by molar-refractivity contribution is -0.113. The number of nitrogens with zero attached hydrogens (tertiary/aromatic N) is 2. The molecule has 7 heteroatoms. The highest BCUT2D eigenvalue weighted by Crippen LogP contribution is 2.24. The fourth-order valence-corrected chi connectivity index (χ4v) is 4.72. The van der Waals surface area contributed by atoms with Crippen LogP contribution in [0.3, 0.4) is 0 Å². The van der Waals surface area contributed by atoms with E-state index in [0.29, 0.717) is 23.4 Å². The Hall–Kier alpha value is -3.60. The van der Waals surface area contributed by atoms with Crippen LogP contribution in [0.5, 0.6) is 0 Å². The van der Waals surface area contributed by atoms with Gasteiger partial charge in [0.15, 0.2) is 0 Å². The fourth-order valence-electron chi connectivity index (χ4n) is 3.87. The highest BCUT2D eigenvalue weighted by molar-refractivity contribution is 8.00. The van der Waals surface area contributed by atoms with E-state index in [1.807, 2.05) is 36.4 Å². The number of carbonyl (C=O) groups excluding carboxylic acids is 2. The van der Waals surface area contributed by atoms with Crippen molar-refractivity contribution in [2.24, 2.45) is 0 Å². The number of likely N-dealkylation sites (N-methyl/N-ethyl adjacent to an activating group) is 1. The molecule has 2 N–H and O–H groups in total. The first-order chi connectivity index (χ1) is 17.0. The first-order valence-corrected chi connectivity index (χ1v) is 12.6. The predicted molar refractivity (Wildman–Crippen MR) is 141 cm³/mol. The van der Waals surface area contributed by atoms with Crippen LogP contribution >= 0.6 is 11.8 Å². The molecule has 0 aliphatic heterocycles. The summed E-state index contributed by atoms with van der Waals surface area (Å²) in [5.74, 6) is -0.220. The quantitative estimate of drug-likeness (QED) is 0.368. The van der Waals surface area contributed by atoms with Crippen LogP contribution in [-0.2, 0) is 4.79 Å². The van der Waals surface area contributed by atoms with E-state index in [1.54, 1.807) is 30.3 Å². The minimum Gasteiger partial charge on any atom is -0.350 e. The molecule has 0 saturated heterocycles. The summed E-state index contributed by atoms with van der Waals surface area (Å²) in [5.41, 5.74) is 2.76. The van der Waals surface area contributed by atoms with Crippen molar-refractivity contribution in [1.29, 1.82) is 5.26 Å². The van der Waals surface area contributed by atoms with Gasteiger partial charge in [0, 0.05) is 17.1 Å². The van der Waals surface area contributed by atoms with Crippen molar-refractivity contribution in [2.45, 2.75) is 24.8 Å². The summed E-state index contributed by atoms with van der Waals surface area (Å²) in [6, 6.07) is 26.4. The molecule has 180 valence electrons.